The Kier molecular flexibility index (Phi) is 4.13. The highest BCUT2D eigenvalue weighted by Gasteiger charge is 2.05. The molecule has 1 nitrogen and oxygen atoms in total. The molecule has 0 aliphatic heterocycles. The lowest BCUT2D eigenvalue weighted by Crippen LogP contribution is -1.93. The highest BCUT2D eigenvalue weighted by Crippen LogP contribution is 2.31. The molecule has 1 N–H and O–H groups in total. The van der Waals surface area contributed by atoms with Gasteiger partial charge in [0.05, 0.1) is 0 Å². The van der Waals surface area contributed by atoms with Gasteiger partial charge in [0.15, 0.2) is 0 Å². The second-order valence-electron chi connectivity index (χ2n) is 5.63. The average Bonchev–Trinajstić information content (AvgIpc) is 3.18. The minimum absolute atomic E-state index is 1.09. The Morgan fingerprint density at radius 3 is 2.08 bits per heavy atom. The Labute approximate surface area is 146 Å². The molecule has 24 heavy (non-hydrogen) atoms. The molecule has 0 unspecified atom stereocenters. The van der Waals surface area contributed by atoms with Crippen LogP contribution in [0, 0.1) is 0 Å². The molecule has 0 bridgehead atoms. The van der Waals surface area contributed by atoms with E-state index in [1.165, 1.54) is 22.3 Å². The lowest BCUT2D eigenvalue weighted by molar-refractivity contribution is 1.53. The SMILES string of the molecule is c1ccc(-c2ccccc2Nc2ccc(-c3ccsc3)cc2)cc1. The smallest absolute Gasteiger partial charge is 0.0463 e. The molecule has 0 aliphatic rings. The van der Waals surface area contributed by atoms with Crippen LogP contribution in [-0.2, 0) is 0 Å². The van der Waals surface area contributed by atoms with E-state index < -0.39 is 0 Å². The summed E-state index contributed by atoms with van der Waals surface area (Å²) in [6.45, 7) is 0. The van der Waals surface area contributed by atoms with Gasteiger partial charge in [0.2, 0.25) is 0 Å². The van der Waals surface area contributed by atoms with Crippen molar-refractivity contribution in [1.29, 1.82) is 0 Å². The number of anilines is 2. The third-order valence-corrected chi connectivity index (χ3v) is 4.71. The summed E-state index contributed by atoms with van der Waals surface area (Å²) in [5.74, 6) is 0. The van der Waals surface area contributed by atoms with E-state index in [0.29, 0.717) is 0 Å². The Balaban J connectivity index is 1.62. The predicted molar refractivity (Wildman–Crippen MR) is 105 cm³/mol. The van der Waals surface area contributed by atoms with Gasteiger partial charge < -0.3 is 5.32 Å². The second-order valence-corrected chi connectivity index (χ2v) is 6.41. The maximum absolute atomic E-state index is 3.55. The third kappa shape index (κ3) is 3.10. The third-order valence-electron chi connectivity index (χ3n) is 4.03. The standard InChI is InChI=1S/C22H17NS/c1-2-6-18(7-3-1)21-8-4-5-9-22(21)23-20-12-10-17(11-13-20)19-14-15-24-16-19/h1-16,23H. The van der Waals surface area contributed by atoms with Gasteiger partial charge in [0, 0.05) is 16.9 Å². The summed E-state index contributed by atoms with van der Waals surface area (Å²) in [5, 5.41) is 7.83. The Hall–Kier alpha value is -2.84. The van der Waals surface area contributed by atoms with Crippen LogP contribution in [0.1, 0.15) is 0 Å². The first-order valence-electron chi connectivity index (χ1n) is 7.94. The fraction of sp³-hybridized carbons (Fsp3) is 0. The Bertz CT molecular complexity index is 910. The van der Waals surface area contributed by atoms with Gasteiger partial charge in [-0.05, 0) is 51.7 Å². The maximum atomic E-state index is 3.55. The molecule has 0 atom stereocenters. The van der Waals surface area contributed by atoms with Crippen LogP contribution in [0.2, 0.25) is 0 Å². The highest BCUT2D eigenvalue weighted by atomic mass is 32.1. The minimum Gasteiger partial charge on any atom is -0.355 e. The van der Waals surface area contributed by atoms with Crippen LogP contribution in [0.4, 0.5) is 11.4 Å². The zero-order valence-corrected chi connectivity index (χ0v) is 14.0. The minimum atomic E-state index is 1.09. The van der Waals surface area contributed by atoms with Crippen LogP contribution in [-0.4, -0.2) is 0 Å². The van der Waals surface area contributed by atoms with Gasteiger partial charge in [-0.2, -0.15) is 11.3 Å². The molecule has 0 radical (unpaired) electrons. The summed E-state index contributed by atoms with van der Waals surface area (Å²) in [7, 11) is 0. The van der Waals surface area contributed by atoms with Gasteiger partial charge in [-0.15, -0.1) is 0 Å². The number of para-hydroxylation sites is 1. The fourth-order valence-electron chi connectivity index (χ4n) is 2.79. The van der Waals surface area contributed by atoms with Gasteiger partial charge >= 0.3 is 0 Å². The number of rotatable bonds is 4. The summed E-state index contributed by atoms with van der Waals surface area (Å²) in [4.78, 5) is 0. The van der Waals surface area contributed by atoms with Gasteiger partial charge in [0.1, 0.15) is 0 Å². The van der Waals surface area contributed by atoms with E-state index in [1.807, 2.05) is 6.07 Å². The Morgan fingerprint density at radius 2 is 1.33 bits per heavy atom. The zero-order chi connectivity index (χ0) is 16.2. The van der Waals surface area contributed by atoms with Crippen molar-refractivity contribution in [3.8, 4) is 22.3 Å². The summed E-state index contributed by atoms with van der Waals surface area (Å²) < 4.78 is 0. The first-order valence-corrected chi connectivity index (χ1v) is 8.88. The van der Waals surface area contributed by atoms with Crippen molar-refractivity contribution in [3.63, 3.8) is 0 Å². The molecular formula is C22H17NS. The maximum Gasteiger partial charge on any atom is 0.0463 e. The molecule has 0 saturated carbocycles. The summed E-state index contributed by atoms with van der Waals surface area (Å²) >= 11 is 1.73. The van der Waals surface area contributed by atoms with Crippen molar-refractivity contribution in [1.82, 2.24) is 0 Å². The number of nitrogens with one attached hydrogen (secondary N) is 1. The lowest BCUT2D eigenvalue weighted by Gasteiger charge is -2.12. The Morgan fingerprint density at radius 1 is 0.583 bits per heavy atom. The lowest BCUT2D eigenvalue weighted by atomic mass is 10.0. The van der Waals surface area contributed by atoms with Gasteiger partial charge in [-0.3, -0.25) is 0 Å². The van der Waals surface area contributed by atoms with E-state index in [9.17, 15) is 0 Å². The highest BCUT2D eigenvalue weighted by molar-refractivity contribution is 7.08. The van der Waals surface area contributed by atoms with Gasteiger partial charge in [-0.1, -0.05) is 60.7 Å². The van der Waals surface area contributed by atoms with Crippen molar-refractivity contribution in [2.75, 3.05) is 5.32 Å². The quantitative estimate of drug-likeness (QED) is 0.433. The van der Waals surface area contributed by atoms with Crippen molar-refractivity contribution in [2.45, 2.75) is 0 Å². The topological polar surface area (TPSA) is 12.0 Å². The largest absolute Gasteiger partial charge is 0.355 e. The number of benzene rings is 3. The molecule has 116 valence electrons. The van der Waals surface area contributed by atoms with Crippen molar-refractivity contribution in [2.24, 2.45) is 0 Å². The molecule has 0 aliphatic carbocycles. The van der Waals surface area contributed by atoms with Crippen molar-refractivity contribution in [3.05, 3.63) is 95.7 Å². The number of hydrogen-bond acceptors (Lipinski definition) is 2. The molecule has 0 spiro atoms. The fourth-order valence-corrected chi connectivity index (χ4v) is 3.46. The van der Waals surface area contributed by atoms with Gasteiger partial charge in [-0.25, -0.2) is 0 Å². The molecule has 4 aromatic rings. The molecule has 1 heterocycles. The molecule has 2 heteroatoms. The van der Waals surface area contributed by atoms with Crippen LogP contribution in [0.3, 0.4) is 0 Å². The normalized spacial score (nSPS) is 10.5. The van der Waals surface area contributed by atoms with Crippen LogP contribution in [0.15, 0.2) is 95.7 Å². The monoisotopic (exact) mass is 327 g/mol. The van der Waals surface area contributed by atoms with E-state index in [1.54, 1.807) is 11.3 Å². The van der Waals surface area contributed by atoms with Crippen LogP contribution in [0.5, 0.6) is 0 Å². The van der Waals surface area contributed by atoms with E-state index >= 15 is 0 Å². The van der Waals surface area contributed by atoms with Crippen molar-refractivity contribution >= 4 is 22.7 Å². The first-order chi connectivity index (χ1) is 11.9. The molecule has 0 fully saturated rings. The average molecular weight is 327 g/mol. The summed E-state index contributed by atoms with van der Waals surface area (Å²) in [6, 6.07) is 29.6. The zero-order valence-electron chi connectivity index (χ0n) is 13.1. The molecule has 0 amide bonds. The van der Waals surface area contributed by atoms with E-state index in [0.717, 1.165) is 11.4 Å². The molecular weight excluding hydrogens is 310 g/mol. The van der Waals surface area contributed by atoms with E-state index in [-0.39, 0.29) is 0 Å². The van der Waals surface area contributed by atoms with Crippen LogP contribution < -0.4 is 5.32 Å². The molecule has 1 aromatic heterocycles. The number of hydrogen-bond donors (Lipinski definition) is 1. The van der Waals surface area contributed by atoms with Crippen molar-refractivity contribution < 1.29 is 0 Å². The first kappa shape index (κ1) is 14.7. The van der Waals surface area contributed by atoms with Gasteiger partial charge in [0.25, 0.3) is 0 Å². The van der Waals surface area contributed by atoms with Crippen LogP contribution in [0.25, 0.3) is 22.3 Å². The number of thiophene rings is 1. The molecule has 4 rings (SSSR count). The molecule has 0 saturated heterocycles. The van der Waals surface area contributed by atoms with E-state index in [4.69, 9.17) is 0 Å². The summed E-state index contributed by atoms with van der Waals surface area (Å²) in [6.07, 6.45) is 0. The summed E-state index contributed by atoms with van der Waals surface area (Å²) in [5.41, 5.74) is 7.16. The second kappa shape index (κ2) is 6.73. The van der Waals surface area contributed by atoms with E-state index in [2.05, 4.69) is 94.9 Å². The predicted octanol–water partition coefficient (Wildman–Crippen LogP) is 6.83. The van der Waals surface area contributed by atoms with Crippen LogP contribution >= 0.6 is 11.3 Å². The molecule has 3 aromatic carbocycles.